The summed E-state index contributed by atoms with van der Waals surface area (Å²) < 4.78 is 44.4. The van der Waals surface area contributed by atoms with Crippen molar-refractivity contribution >= 4 is 11.9 Å². The van der Waals surface area contributed by atoms with Gasteiger partial charge in [-0.25, -0.2) is 0 Å². The van der Waals surface area contributed by atoms with E-state index < -0.39 is 35.3 Å². The molecule has 0 unspecified atom stereocenters. The summed E-state index contributed by atoms with van der Waals surface area (Å²) in [5.74, 6) is -0.823. The fourth-order valence-electron chi connectivity index (χ4n) is 5.41. The van der Waals surface area contributed by atoms with Gasteiger partial charge in [-0.2, -0.15) is 13.2 Å². The monoisotopic (exact) mass is 563 g/mol. The van der Waals surface area contributed by atoms with Gasteiger partial charge < -0.3 is 19.8 Å². The molecule has 4 rings (SSSR count). The normalized spacial score (nSPS) is 23.5. The maximum Gasteiger partial charge on any atom is 0.416 e. The molecule has 0 saturated carbocycles. The zero-order valence-electron chi connectivity index (χ0n) is 22.4. The number of alkyl halides is 3. The summed E-state index contributed by atoms with van der Waals surface area (Å²) in [6, 6.07) is 7.97. The Kier molecular flexibility index (Phi) is 9.81. The van der Waals surface area contributed by atoms with Crippen LogP contribution in [-0.4, -0.2) is 81.9 Å². The minimum Gasteiger partial charge on any atom is -0.462 e. The molecule has 2 aliphatic rings. The fraction of sp³-hybridized carbons (Fsp3) is 0.552. The van der Waals surface area contributed by atoms with E-state index in [1.165, 1.54) is 4.90 Å². The molecule has 0 radical (unpaired) electrons. The van der Waals surface area contributed by atoms with Crippen molar-refractivity contribution in [2.45, 2.75) is 63.5 Å². The first-order chi connectivity index (χ1) is 19.1. The smallest absolute Gasteiger partial charge is 0.416 e. The van der Waals surface area contributed by atoms with Gasteiger partial charge in [-0.1, -0.05) is 6.42 Å². The van der Waals surface area contributed by atoms with Gasteiger partial charge in [0.1, 0.15) is 12.7 Å². The predicted molar refractivity (Wildman–Crippen MR) is 140 cm³/mol. The van der Waals surface area contributed by atoms with E-state index in [1.807, 2.05) is 12.1 Å². The SMILES string of the molecule is O=C(c1ccc(C(F)(F)F)cc1)N1CCCCC2(CCN(Cc3ccncc3)CC2)C(=O)OC[C@@H](O)[C@@H](O)CC1. The number of cyclic esters (lactones) is 1. The predicted octanol–water partition coefficient (Wildman–Crippen LogP) is 3.66. The molecule has 0 bridgehead atoms. The van der Waals surface area contributed by atoms with Crippen LogP contribution in [0.4, 0.5) is 13.2 Å². The Morgan fingerprint density at radius 2 is 1.62 bits per heavy atom. The van der Waals surface area contributed by atoms with Crippen LogP contribution in [0.1, 0.15) is 60.0 Å². The van der Waals surface area contributed by atoms with E-state index >= 15 is 0 Å². The number of hydrogen-bond donors (Lipinski definition) is 2. The molecule has 3 heterocycles. The number of piperidine rings is 1. The molecular formula is C29H36F3N3O5. The Hall–Kier alpha value is -3.02. The number of carbonyl (C=O) groups excluding carboxylic acids is 2. The molecule has 2 atom stereocenters. The third-order valence-corrected chi connectivity index (χ3v) is 8.01. The van der Waals surface area contributed by atoms with Crippen LogP contribution in [0.3, 0.4) is 0 Å². The second-order valence-electron chi connectivity index (χ2n) is 10.8. The lowest BCUT2D eigenvalue weighted by atomic mass is 9.74. The Morgan fingerprint density at radius 3 is 2.27 bits per heavy atom. The van der Waals surface area contributed by atoms with Crippen LogP contribution in [0.2, 0.25) is 0 Å². The van der Waals surface area contributed by atoms with Crippen LogP contribution < -0.4 is 0 Å². The summed E-state index contributed by atoms with van der Waals surface area (Å²) in [5.41, 5.74) is -0.313. The van der Waals surface area contributed by atoms with E-state index in [1.54, 1.807) is 12.4 Å². The van der Waals surface area contributed by atoms with Gasteiger partial charge in [0.15, 0.2) is 0 Å². The van der Waals surface area contributed by atoms with Crippen molar-refractivity contribution in [2.24, 2.45) is 5.41 Å². The van der Waals surface area contributed by atoms with E-state index in [-0.39, 0.29) is 31.1 Å². The Labute approximate surface area is 231 Å². The Bertz CT molecular complexity index is 1120. The van der Waals surface area contributed by atoms with Gasteiger partial charge in [-0.15, -0.1) is 0 Å². The van der Waals surface area contributed by atoms with Crippen LogP contribution in [-0.2, 0) is 22.3 Å². The average Bonchev–Trinajstić information content (AvgIpc) is 2.96. The second-order valence-corrected chi connectivity index (χ2v) is 10.8. The minimum absolute atomic E-state index is 0.0280. The molecule has 11 heteroatoms. The molecule has 1 aromatic carbocycles. The third-order valence-electron chi connectivity index (χ3n) is 8.01. The lowest BCUT2D eigenvalue weighted by molar-refractivity contribution is -0.165. The molecule has 1 aromatic heterocycles. The number of ether oxygens (including phenoxy) is 1. The summed E-state index contributed by atoms with van der Waals surface area (Å²) in [6.07, 6.45) is -0.603. The molecule has 2 saturated heterocycles. The topological polar surface area (TPSA) is 103 Å². The van der Waals surface area contributed by atoms with Crippen molar-refractivity contribution in [1.82, 2.24) is 14.8 Å². The number of likely N-dealkylation sites (tertiary alicyclic amines) is 1. The first-order valence-electron chi connectivity index (χ1n) is 13.7. The standard InChI is InChI=1S/C29H36F3N3O5/c30-29(31,32)23-5-3-22(4-6-23)26(38)35-15-2-1-10-28(27(39)40-20-25(37)24(36)9-16-35)11-17-34(18-12-28)19-21-7-13-33-14-8-21/h3-8,13-14,24-25,36-37H,1-2,9-12,15-20H2/t24-,25+/m0/s1. The first kappa shape index (κ1) is 30.0. The van der Waals surface area contributed by atoms with Crippen LogP contribution in [0.25, 0.3) is 0 Å². The number of hydrogen-bond acceptors (Lipinski definition) is 7. The molecule has 2 fully saturated rings. The Morgan fingerprint density at radius 1 is 0.950 bits per heavy atom. The number of nitrogens with zero attached hydrogens (tertiary/aromatic N) is 3. The van der Waals surface area contributed by atoms with Crippen LogP contribution in [0, 0.1) is 5.41 Å². The van der Waals surface area contributed by atoms with Crippen molar-refractivity contribution in [3.63, 3.8) is 0 Å². The largest absolute Gasteiger partial charge is 0.462 e. The summed E-state index contributed by atoms with van der Waals surface area (Å²) in [4.78, 5) is 34.3. The molecule has 40 heavy (non-hydrogen) atoms. The summed E-state index contributed by atoms with van der Waals surface area (Å²) in [7, 11) is 0. The highest BCUT2D eigenvalue weighted by atomic mass is 19.4. The third kappa shape index (κ3) is 7.58. The van der Waals surface area contributed by atoms with E-state index in [0.717, 1.165) is 36.4 Å². The minimum atomic E-state index is -4.50. The molecule has 1 amide bonds. The van der Waals surface area contributed by atoms with Gasteiger partial charge in [0.05, 0.1) is 17.1 Å². The number of pyridine rings is 1. The van der Waals surface area contributed by atoms with Gasteiger partial charge in [0.25, 0.3) is 5.91 Å². The molecular weight excluding hydrogens is 527 g/mol. The molecule has 2 N–H and O–H groups in total. The summed E-state index contributed by atoms with van der Waals surface area (Å²) in [6.45, 7) is 2.19. The van der Waals surface area contributed by atoms with Crippen LogP contribution in [0.15, 0.2) is 48.8 Å². The maximum atomic E-state index is 13.3. The molecule has 8 nitrogen and oxygen atoms in total. The molecule has 1 spiro atoms. The van der Waals surface area contributed by atoms with Crippen molar-refractivity contribution in [3.05, 3.63) is 65.5 Å². The van der Waals surface area contributed by atoms with E-state index in [0.29, 0.717) is 51.7 Å². The van der Waals surface area contributed by atoms with Crippen molar-refractivity contribution in [3.8, 4) is 0 Å². The Balaban J connectivity index is 1.43. The maximum absolute atomic E-state index is 13.3. The van der Waals surface area contributed by atoms with Gasteiger partial charge in [-0.3, -0.25) is 19.5 Å². The lowest BCUT2D eigenvalue weighted by Gasteiger charge is -2.40. The van der Waals surface area contributed by atoms with Gasteiger partial charge in [0.2, 0.25) is 0 Å². The highest BCUT2D eigenvalue weighted by Crippen LogP contribution is 2.39. The molecule has 2 aliphatic heterocycles. The molecule has 2 aromatic rings. The number of halogens is 3. The highest BCUT2D eigenvalue weighted by molar-refractivity contribution is 5.94. The molecule has 218 valence electrons. The quantitative estimate of drug-likeness (QED) is 0.550. The fourth-order valence-corrected chi connectivity index (χ4v) is 5.41. The lowest BCUT2D eigenvalue weighted by Crippen LogP contribution is -2.45. The number of esters is 1. The number of carbonyl (C=O) groups is 2. The van der Waals surface area contributed by atoms with Gasteiger partial charge >= 0.3 is 12.1 Å². The zero-order valence-corrected chi connectivity index (χ0v) is 22.4. The second kappa shape index (κ2) is 13.1. The number of aliphatic hydroxyl groups is 2. The number of rotatable bonds is 3. The number of aliphatic hydroxyl groups excluding tert-OH is 2. The number of aromatic nitrogens is 1. The summed E-state index contributed by atoms with van der Waals surface area (Å²) in [5, 5.41) is 20.9. The van der Waals surface area contributed by atoms with Crippen LogP contribution >= 0.6 is 0 Å². The van der Waals surface area contributed by atoms with E-state index in [4.69, 9.17) is 4.74 Å². The van der Waals surface area contributed by atoms with Crippen molar-refractivity contribution in [1.29, 1.82) is 0 Å². The van der Waals surface area contributed by atoms with Crippen molar-refractivity contribution in [2.75, 3.05) is 32.8 Å². The number of amides is 1. The zero-order chi connectivity index (χ0) is 28.8. The van der Waals surface area contributed by atoms with E-state index in [2.05, 4.69) is 9.88 Å². The summed E-state index contributed by atoms with van der Waals surface area (Å²) >= 11 is 0. The highest BCUT2D eigenvalue weighted by Gasteiger charge is 2.43. The first-order valence-corrected chi connectivity index (χ1v) is 13.7. The van der Waals surface area contributed by atoms with Crippen molar-refractivity contribution < 1.29 is 37.7 Å². The van der Waals surface area contributed by atoms with Gasteiger partial charge in [-0.05, 0) is 87.2 Å². The van der Waals surface area contributed by atoms with E-state index in [9.17, 15) is 33.0 Å². The molecule has 0 aliphatic carbocycles. The number of benzene rings is 1. The van der Waals surface area contributed by atoms with Crippen LogP contribution in [0.5, 0.6) is 0 Å². The van der Waals surface area contributed by atoms with Gasteiger partial charge in [0, 0.05) is 37.6 Å². The average molecular weight is 564 g/mol.